The molecule has 3 heterocycles. The summed E-state index contributed by atoms with van der Waals surface area (Å²) >= 11 is 1.73. The van der Waals surface area contributed by atoms with Crippen molar-refractivity contribution in [3.05, 3.63) is 106 Å². The lowest BCUT2D eigenvalue weighted by atomic mass is 9.90. The Labute approximate surface area is 202 Å². The van der Waals surface area contributed by atoms with Crippen LogP contribution in [0.25, 0.3) is 0 Å². The highest BCUT2D eigenvalue weighted by Crippen LogP contribution is 2.38. The summed E-state index contributed by atoms with van der Waals surface area (Å²) in [5, 5.41) is 21.6. The zero-order chi connectivity index (χ0) is 23.3. The summed E-state index contributed by atoms with van der Waals surface area (Å²) < 4.78 is 7.10. The van der Waals surface area contributed by atoms with E-state index < -0.39 is 12.1 Å². The summed E-state index contributed by atoms with van der Waals surface area (Å²) in [5.74, 6) is -0.402. The van der Waals surface area contributed by atoms with Gasteiger partial charge in [0.05, 0.1) is 23.9 Å². The molecule has 1 saturated heterocycles. The number of aliphatic hydroxyl groups is 1. The van der Waals surface area contributed by atoms with E-state index in [4.69, 9.17) is 4.74 Å². The Morgan fingerprint density at radius 3 is 2.56 bits per heavy atom. The topological polar surface area (TPSA) is 80.5 Å². The van der Waals surface area contributed by atoms with Gasteiger partial charge in [0.2, 0.25) is 0 Å². The molecule has 1 aliphatic rings. The van der Waals surface area contributed by atoms with Gasteiger partial charge in [-0.05, 0) is 35.6 Å². The first-order valence-corrected chi connectivity index (χ1v) is 12.2. The minimum absolute atomic E-state index is 0.0309. The van der Waals surface area contributed by atoms with E-state index in [0.717, 1.165) is 6.54 Å². The van der Waals surface area contributed by atoms with Gasteiger partial charge in [-0.1, -0.05) is 59.8 Å². The van der Waals surface area contributed by atoms with Crippen molar-refractivity contribution >= 4 is 17.3 Å². The molecule has 0 saturated carbocycles. The van der Waals surface area contributed by atoms with Crippen LogP contribution in [0.4, 0.5) is 0 Å². The number of esters is 1. The van der Waals surface area contributed by atoms with Crippen LogP contribution in [0.5, 0.6) is 0 Å². The number of carbonyl (C=O) groups excluding carboxylic acids is 1. The first kappa shape index (κ1) is 22.5. The Kier molecular flexibility index (Phi) is 6.80. The van der Waals surface area contributed by atoms with Crippen LogP contribution in [-0.2, 0) is 17.9 Å². The summed E-state index contributed by atoms with van der Waals surface area (Å²) in [4.78, 5) is 15.8. The Morgan fingerprint density at radius 1 is 1.06 bits per heavy atom. The smallest absolute Gasteiger partial charge is 0.338 e. The van der Waals surface area contributed by atoms with Gasteiger partial charge in [0, 0.05) is 24.0 Å². The summed E-state index contributed by atoms with van der Waals surface area (Å²) in [6.07, 6.45) is 1.87. The normalized spacial score (nSPS) is 20.8. The van der Waals surface area contributed by atoms with Crippen LogP contribution in [0.1, 0.15) is 45.0 Å². The number of nitrogens with zero attached hydrogens (tertiary/aromatic N) is 4. The average molecular weight is 475 g/mol. The van der Waals surface area contributed by atoms with E-state index in [1.165, 1.54) is 10.4 Å². The van der Waals surface area contributed by atoms with E-state index in [0.29, 0.717) is 24.2 Å². The van der Waals surface area contributed by atoms with Gasteiger partial charge in [-0.2, -0.15) is 0 Å². The molecule has 1 aliphatic heterocycles. The van der Waals surface area contributed by atoms with Gasteiger partial charge in [0.1, 0.15) is 12.3 Å². The molecule has 0 unspecified atom stereocenters. The van der Waals surface area contributed by atoms with Crippen molar-refractivity contribution in [1.29, 1.82) is 0 Å². The predicted molar refractivity (Wildman–Crippen MR) is 129 cm³/mol. The zero-order valence-corrected chi connectivity index (χ0v) is 19.4. The highest BCUT2D eigenvalue weighted by molar-refractivity contribution is 7.09. The van der Waals surface area contributed by atoms with Crippen molar-refractivity contribution < 1.29 is 14.6 Å². The Hall–Kier alpha value is -3.33. The number of hydrogen-bond acceptors (Lipinski definition) is 7. The number of aromatic nitrogens is 3. The largest absolute Gasteiger partial charge is 0.455 e. The van der Waals surface area contributed by atoms with Crippen LogP contribution < -0.4 is 0 Å². The Balaban J connectivity index is 1.30. The summed E-state index contributed by atoms with van der Waals surface area (Å²) in [7, 11) is 0. The van der Waals surface area contributed by atoms with Gasteiger partial charge in [0.25, 0.3) is 0 Å². The second-order valence-electron chi connectivity index (χ2n) is 8.44. The lowest BCUT2D eigenvalue weighted by Gasteiger charge is -2.42. The maximum absolute atomic E-state index is 12.2. The number of carbonyl (C=O) groups is 1. The minimum atomic E-state index is -0.596. The van der Waals surface area contributed by atoms with Gasteiger partial charge in [0.15, 0.2) is 0 Å². The molecule has 0 bridgehead atoms. The van der Waals surface area contributed by atoms with E-state index >= 15 is 0 Å². The third kappa shape index (κ3) is 5.09. The quantitative estimate of drug-likeness (QED) is 0.404. The molecule has 174 valence electrons. The predicted octanol–water partition coefficient (Wildman–Crippen LogP) is 4.25. The van der Waals surface area contributed by atoms with Gasteiger partial charge in [-0.15, -0.1) is 16.4 Å². The average Bonchev–Trinajstić information content (AvgIpc) is 3.56. The van der Waals surface area contributed by atoms with Crippen molar-refractivity contribution in [3.63, 3.8) is 0 Å². The molecule has 7 nitrogen and oxygen atoms in total. The SMILES string of the molecule is O=C(OCc1cn([C@H]2C[C@H](c3ccccc3)N(Cc3cccs3)C[C@@H]2O)nn1)c1ccccc1. The number of aliphatic hydroxyl groups excluding tert-OH is 1. The molecule has 0 radical (unpaired) electrons. The van der Waals surface area contributed by atoms with Crippen LogP contribution >= 0.6 is 11.3 Å². The summed E-state index contributed by atoms with van der Waals surface area (Å²) in [6.45, 7) is 1.35. The molecule has 2 aromatic carbocycles. The molecule has 34 heavy (non-hydrogen) atoms. The molecular formula is C26H26N4O3S. The van der Waals surface area contributed by atoms with Gasteiger partial charge in [-0.25, -0.2) is 9.48 Å². The fraction of sp³-hybridized carbons (Fsp3) is 0.269. The van der Waals surface area contributed by atoms with E-state index in [-0.39, 0.29) is 18.7 Å². The first-order chi connectivity index (χ1) is 16.7. The fourth-order valence-corrected chi connectivity index (χ4v) is 5.18. The van der Waals surface area contributed by atoms with Crippen LogP contribution in [0, 0.1) is 0 Å². The van der Waals surface area contributed by atoms with Gasteiger partial charge >= 0.3 is 5.97 Å². The molecule has 0 amide bonds. The second kappa shape index (κ2) is 10.3. The van der Waals surface area contributed by atoms with Crippen molar-refractivity contribution in [2.24, 2.45) is 0 Å². The number of ether oxygens (including phenoxy) is 1. The molecule has 0 spiro atoms. The molecule has 2 aromatic heterocycles. The number of thiophene rings is 1. The lowest BCUT2D eigenvalue weighted by Crippen LogP contribution is -2.46. The van der Waals surface area contributed by atoms with E-state index in [1.54, 1.807) is 46.5 Å². The first-order valence-electron chi connectivity index (χ1n) is 11.3. The van der Waals surface area contributed by atoms with E-state index in [2.05, 4.69) is 44.9 Å². The number of hydrogen-bond donors (Lipinski definition) is 1. The Bertz CT molecular complexity index is 1200. The maximum atomic E-state index is 12.2. The number of rotatable bonds is 7. The molecule has 3 atom stereocenters. The summed E-state index contributed by atoms with van der Waals surface area (Å²) in [6, 6.07) is 23.3. The van der Waals surface area contributed by atoms with Gasteiger partial charge < -0.3 is 9.84 Å². The fourth-order valence-electron chi connectivity index (χ4n) is 4.45. The van der Waals surface area contributed by atoms with Crippen molar-refractivity contribution in [2.75, 3.05) is 6.54 Å². The van der Waals surface area contributed by atoms with E-state index in [9.17, 15) is 9.90 Å². The molecule has 5 rings (SSSR count). The van der Waals surface area contributed by atoms with Crippen LogP contribution in [-0.4, -0.2) is 43.6 Å². The van der Waals surface area contributed by atoms with E-state index in [1.807, 2.05) is 24.3 Å². The van der Waals surface area contributed by atoms with Crippen LogP contribution in [0.15, 0.2) is 84.4 Å². The standard InChI is InChI=1S/C26H26N4O3S/c31-25-17-29(16-22-12-7-13-34-22)23(19-8-3-1-4-9-19)14-24(25)30-15-21(27-28-30)18-33-26(32)20-10-5-2-6-11-20/h1-13,15,23-25,31H,14,16-18H2/t23-,24+,25+/m1/s1. The highest BCUT2D eigenvalue weighted by atomic mass is 32.1. The molecule has 1 N–H and O–H groups in total. The van der Waals surface area contributed by atoms with Gasteiger partial charge in [-0.3, -0.25) is 4.90 Å². The molecule has 0 aliphatic carbocycles. The molecule has 8 heteroatoms. The summed E-state index contributed by atoms with van der Waals surface area (Å²) in [5.41, 5.74) is 2.26. The lowest BCUT2D eigenvalue weighted by molar-refractivity contribution is -0.0131. The minimum Gasteiger partial charge on any atom is -0.455 e. The third-order valence-electron chi connectivity index (χ3n) is 6.15. The van der Waals surface area contributed by atoms with Crippen molar-refractivity contribution in [3.8, 4) is 0 Å². The zero-order valence-electron chi connectivity index (χ0n) is 18.6. The number of piperidine rings is 1. The third-order valence-corrected chi connectivity index (χ3v) is 7.01. The number of β-amino-alcohol motifs (C(OH)–C–C–N with tert-alkyl or cyclic N) is 1. The number of benzene rings is 2. The van der Waals surface area contributed by atoms with Crippen LogP contribution in [0.2, 0.25) is 0 Å². The molecule has 1 fully saturated rings. The molecular weight excluding hydrogens is 448 g/mol. The highest BCUT2D eigenvalue weighted by Gasteiger charge is 2.37. The monoisotopic (exact) mass is 474 g/mol. The van der Waals surface area contributed by atoms with Crippen molar-refractivity contribution in [2.45, 2.75) is 37.8 Å². The Morgan fingerprint density at radius 2 is 1.82 bits per heavy atom. The van der Waals surface area contributed by atoms with Crippen molar-refractivity contribution in [1.82, 2.24) is 19.9 Å². The second-order valence-corrected chi connectivity index (χ2v) is 9.47. The molecule has 4 aromatic rings. The number of likely N-dealkylation sites (tertiary alicyclic amines) is 1. The van der Waals surface area contributed by atoms with Crippen LogP contribution in [0.3, 0.4) is 0 Å². The maximum Gasteiger partial charge on any atom is 0.338 e.